The first-order chi connectivity index (χ1) is 8.88. The molecule has 19 heavy (non-hydrogen) atoms. The van der Waals surface area contributed by atoms with Crippen LogP contribution in [-0.4, -0.2) is 41.5 Å². The van der Waals surface area contributed by atoms with Gasteiger partial charge < -0.3 is 10.4 Å². The van der Waals surface area contributed by atoms with Crippen LogP contribution in [0.15, 0.2) is 24.3 Å². The summed E-state index contributed by atoms with van der Waals surface area (Å²) >= 11 is 0. The lowest BCUT2D eigenvalue weighted by Gasteiger charge is -2.21. The maximum atomic E-state index is 12.7. The number of nitrogens with zero attached hydrogens (tertiary/aromatic N) is 1. The molecule has 1 rings (SSSR count). The molecule has 0 fully saturated rings. The number of rotatable bonds is 6. The number of carbonyl (C=O) groups excluding carboxylic acids is 1. The molecule has 0 saturated carbocycles. The molecule has 104 valence electrons. The third-order valence-electron chi connectivity index (χ3n) is 2.54. The van der Waals surface area contributed by atoms with Gasteiger partial charge in [0.05, 0.1) is 0 Å². The minimum absolute atomic E-state index is 0.173. The Bertz CT molecular complexity index is 448. The zero-order valence-electron chi connectivity index (χ0n) is 10.9. The van der Waals surface area contributed by atoms with E-state index in [1.54, 1.807) is 24.1 Å². The summed E-state index contributed by atoms with van der Waals surface area (Å²) in [4.78, 5) is 23.6. The third-order valence-corrected chi connectivity index (χ3v) is 2.54. The van der Waals surface area contributed by atoms with Crippen LogP contribution in [-0.2, 0) is 16.1 Å². The second-order valence-corrected chi connectivity index (χ2v) is 4.41. The van der Waals surface area contributed by atoms with Crippen molar-refractivity contribution in [2.45, 2.75) is 19.5 Å². The van der Waals surface area contributed by atoms with E-state index < -0.39 is 12.0 Å². The SMILES string of the molecule is CC(=O)NC(CN(C)Cc1ccc(F)cc1)C(=O)O. The molecule has 0 bridgehead atoms. The molecule has 1 amide bonds. The van der Waals surface area contributed by atoms with Crippen LogP contribution >= 0.6 is 0 Å². The summed E-state index contributed by atoms with van der Waals surface area (Å²) in [7, 11) is 1.74. The van der Waals surface area contributed by atoms with Gasteiger partial charge in [0.1, 0.15) is 11.9 Å². The van der Waals surface area contributed by atoms with E-state index in [0.29, 0.717) is 6.54 Å². The molecule has 6 heteroatoms. The van der Waals surface area contributed by atoms with Gasteiger partial charge in [-0.3, -0.25) is 9.69 Å². The molecule has 0 saturated heterocycles. The number of carboxylic acid groups (broad SMARTS) is 1. The average molecular weight is 268 g/mol. The van der Waals surface area contributed by atoms with E-state index >= 15 is 0 Å². The Morgan fingerprint density at radius 2 is 1.95 bits per heavy atom. The van der Waals surface area contributed by atoms with Crippen molar-refractivity contribution in [1.29, 1.82) is 0 Å². The minimum atomic E-state index is -1.08. The Morgan fingerprint density at radius 3 is 2.42 bits per heavy atom. The van der Waals surface area contributed by atoms with Crippen molar-refractivity contribution in [1.82, 2.24) is 10.2 Å². The van der Waals surface area contributed by atoms with Crippen LogP contribution in [0.1, 0.15) is 12.5 Å². The minimum Gasteiger partial charge on any atom is -0.480 e. The second-order valence-electron chi connectivity index (χ2n) is 4.41. The number of likely N-dealkylation sites (N-methyl/N-ethyl adjacent to an activating group) is 1. The monoisotopic (exact) mass is 268 g/mol. The lowest BCUT2D eigenvalue weighted by Crippen LogP contribution is -2.46. The van der Waals surface area contributed by atoms with Crippen molar-refractivity contribution < 1.29 is 19.1 Å². The van der Waals surface area contributed by atoms with Crippen LogP contribution < -0.4 is 5.32 Å². The Balaban J connectivity index is 2.57. The molecule has 0 aromatic heterocycles. The Hall–Kier alpha value is -1.95. The molecular formula is C13H17FN2O3. The molecule has 1 aromatic carbocycles. The highest BCUT2D eigenvalue weighted by atomic mass is 19.1. The normalized spacial score (nSPS) is 12.2. The molecule has 0 aliphatic carbocycles. The number of aliphatic carboxylic acids is 1. The van der Waals surface area contributed by atoms with Gasteiger partial charge in [0.25, 0.3) is 0 Å². The van der Waals surface area contributed by atoms with E-state index in [-0.39, 0.29) is 18.3 Å². The molecule has 0 aliphatic rings. The van der Waals surface area contributed by atoms with E-state index in [1.165, 1.54) is 19.1 Å². The molecule has 1 atom stereocenters. The van der Waals surface area contributed by atoms with E-state index in [1.807, 2.05) is 0 Å². The summed E-state index contributed by atoms with van der Waals surface area (Å²) in [6, 6.07) is 5.03. The Morgan fingerprint density at radius 1 is 1.37 bits per heavy atom. The molecule has 5 nitrogen and oxygen atoms in total. The summed E-state index contributed by atoms with van der Waals surface area (Å²) in [6.45, 7) is 1.92. The standard InChI is InChI=1S/C13H17FN2O3/c1-9(17)15-12(13(18)19)8-16(2)7-10-3-5-11(14)6-4-10/h3-6,12H,7-8H2,1-2H3,(H,15,17)(H,18,19). The van der Waals surface area contributed by atoms with Gasteiger partial charge in [-0.25, -0.2) is 9.18 Å². The van der Waals surface area contributed by atoms with Gasteiger partial charge in [-0.15, -0.1) is 0 Å². The van der Waals surface area contributed by atoms with Gasteiger partial charge in [0.15, 0.2) is 0 Å². The molecule has 1 unspecified atom stereocenters. The molecule has 1 aromatic rings. The van der Waals surface area contributed by atoms with Crippen molar-refractivity contribution in [3.63, 3.8) is 0 Å². The highest BCUT2D eigenvalue weighted by Gasteiger charge is 2.20. The predicted molar refractivity (Wildman–Crippen MR) is 68.0 cm³/mol. The molecule has 0 radical (unpaired) electrons. The van der Waals surface area contributed by atoms with Gasteiger partial charge in [-0.2, -0.15) is 0 Å². The first-order valence-corrected chi connectivity index (χ1v) is 5.81. The number of nitrogens with one attached hydrogen (secondary N) is 1. The number of hydrogen-bond donors (Lipinski definition) is 2. The lowest BCUT2D eigenvalue weighted by molar-refractivity contribution is -0.142. The molecule has 2 N–H and O–H groups in total. The van der Waals surface area contributed by atoms with E-state index in [2.05, 4.69) is 5.32 Å². The van der Waals surface area contributed by atoms with E-state index in [9.17, 15) is 14.0 Å². The van der Waals surface area contributed by atoms with Crippen molar-refractivity contribution in [2.24, 2.45) is 0 Å². The van der Waals surface area contributed by atoms with Gasteiger partial charge in [-0.05, 0) is 24.7 Å². The number of amides is 1. The maximum absolute atomic E-state index is 12.7. The Labute approximate surface area is 111 Å². The fourth-order valence-electron chi connectivity index (χ4n) is 1.71. The predicted octanol–water partition coefficient (Wildman–Crippen LogP) is 0.847. The van der Waals surface area contributed by atoms with Crippen molar-refractivity contribution >= 4 is 11.9 Å². The largest absolute Gasteiger partial charge is 0.480 e. The molecular weight excluding hydrogens is 251 g/mol. The van der Waals surface area contributed by atoms with Crippen LogP contribution in [0, 0.1) is 5.82 Å². The fourth-order valence-corrected chi connectivity index (χ4v) is 1.71. The van der Waals surface area contributed by atoms with Crippen LogP contribution in [0.25, 0.3) is 0 Å². The molecule has 0 aliphatic heterocycles. The van der Waals surface area contributed by atoms with Crippen LogP contribution in [0.3, 0.4) is 0 Å². The summed E-state index contributed by atoms with van der Waals surface area (Å²) in [5.41, 5.74) is 0.871. The zero-order valence-corrected chi connectivity index (χ0v) is 10.9. The summed E-state index contributed by atoms with van der Waals surface area (Å²) in [5.74, 6) is -1.78. The Kier molecular flexibility index (Phi) is 5.44. The average Bonchev–Trinajstić information content (AvgIpc) is 2.30. The smallest absolute Gasteiger partial charge is 0.327 e. The first kappa shape index (κ1) is 15.1. The van der Waals surface area contributed by atoms with E-state index in [0.717, 1.165) is 5.56 Å². The van der Waals surface area contributed by atoms with Crippen molar-refractivity contribution in [3.8, 4) is 0 Å². The highest BCUT2D eigenvalue weighted by Crippen LogP contribution is 2.06. The number of hydrogen-bond acceptors (Lipinski definition) is 3. The van der Waals surface area contributed by atoms with Crippen LogP contribution in [0.4, 0.5) is 4.39 Å². The van der Waals surface area contributed by atoms with Gasteiger partial charge >= 0.3 is 5.97 Å². The summed E-state index contributed by atoms with van der Waals surface area (Å²) in [5, 5.41) is 11.3. The molecule has 0 spiro atoms. The number of halogens is 1. The van der Waals surface area contributed by atoms with Gasteiger partial charge in [0.2, 0.25) is 5.91 Å². The quantitative estimate of drug-likeness (QED) is 0.802. The van der Waals surface area contributed by atoms with Gasteiger partial charge in [0, 0.05) is 20.0 Å². The highest BCUT2D eigenvalue weighted by molar-refractivity contribution is 5.82. The summed E-state index contributed by atoms with van der Waals surface area (Å²) < 4.78 is 12.7. The zero-order chi connectivity index (χ0) is 14.4. The van der Waals surface area contributed by atoms with Crippen molar-refractivity contribution in [3.05, 3.63) is 35.6 Å². The van der Waals surface area contributed by atoms with E-state index in [4.69, 9.17) is 5.11 Å². The molecule has 0 heterocycles. The number of carbonyl (C=O) groups is 2. The summed E-state index contributed by atoms with van der Waals surface area (Å²) in [6.07, 6.45) is 0. The number of carboxylic acids is 1. The topological polar surface area (TPSA) is 69.6 Å². The van der Waals surface area contributed by atoms with Gasteiger partial charge in [-0.1, -0.05) is 12.1 Å². The lowest BCUT2D eigenvalue weighted by atomic mass is 10.2. The maximum Gasteiger partial charge on any atom is 0.327 e. The third kappa shape index (κ3) is 5.48. The fraction of sp³-hybridized carbons (Fsp3) is 0.385. The van der Waals surface area contributed by atoms with Crippen LogP contribution in [0.5, 0.6) is 0 Å². The van der Waals surface area contributed by atoms with Crippen LogP contribution in [0.2, 0.25) is 0 Å². The van der Waals surface area contributed by atoms with Crippen molar-refractivity contribution in [2.75, 3.05) is 13.6 Å². The first-order valence-electron chi connectivity index (χ1n) is 5.81. The number of benzene rings is 1. The second kappa shape index (κ2) is 6.84.